The van der Waals surface area contributed by atoms with Gasteiger partial charge in [-0.1, -0.05) is 6.42 Å². The number of aryl methyl sites for hydroxylation is 1. The molecule has 106 valence electrons. The van der Waals surface area contributed by atoms with Crippen molar-refractivity contribution in [2.45, 2.75) is 50.2 Å². The minimum absolute atomic E-state index is 0.0651. The fraction of sp³-hybridized carbons (Fsp3) is 0.750. The fourth-order valence-corrected chi connectivity index (χ4v) is 5.06. The van der Waals surface area contributed by atoms with Crippen LogP contribution in [0.3, 0.4) is 0 Å². The molecule has 0 spiro atoms. The number of nitrogens with two attached hydrogens (primary N) is 1. The van der Waals surface area contributed by atoms with Gasteiger partial charge in [-0.3, -0.25) is 5.10 Å². The summed E-state index contributed by atoms with van der Waals surface area (Å²) in [4.78, 5) is 0. The van der Waals surface area contributed by atoms with Gasteiger partial charge < -0.3 is 5.73 Å². The normalized spacial score (nSPS) is 30.1. The van der Waals surface area contributed by atoms with Gasteiger partial charge in [0.1, 0.15) is 0 Å². The van der Waals surface area contributed by atoms with Crippen molar-refractivity contribution in [1.29, 1.82) is 0 Å². The topological polar surface area (TPSA) is 101 Å². The molecule has 0 aliphatic heterocycles. The second kappa shape index (κ2) is 4.57. The maximum absolute atomic E-state index is 12.4. The molecule has 2 fully saturated rings. The Labute approximate surface area is 113 Å². The van der Waals surface area contributed by atoms with Crippen LogP contribution in [-0.4, -0.2) is 24.7 Å². The molecule has 2 aliphatic carbocycles. The third-order valence-electron chi connectivity index (χ3n) is 4.54. The van der Waals surface area contributed by atoms with Crippen molar-refractivity contribution < 1.29 is 8.42 Å². The number of aromatic nitrogens is 2. The lowest BCUT2D eigenvalue weighted by atomic mass is 9.96. The van der Waals surface area contributed by atoms with Gasteiger partial charge in [-0.05, 0) is 38.0 Å². The zero-order chi connectivity index (χ0) is 13.6. The van der Waals surface area contributed by atoms with Crippen molar-refractivity contribution >= 4 is 10.0 Å². The molecule has 0 amide bonds. The van der Waals surface area contributed by atoms with E-state index in [1.807, 2.05) is 0 Å². The highest BCUT2D eigenvalue weighted by Gasteiger charge is 2.41. The molecule has 6 nitrogen and oxygen atoms in total. The molecule has 1 aromatic heterocycles. The molecule has 1 heterocycles. The zero-order valence-electron chi connectivity index (χ0n) is 11.0. The molecule has 19 heavy (non-hydrogen) atoms. The smallest absolute Gasteiger partial charge is 0.260 e. The maximum atomic E-state index is 12.4. The molecule has 2 bridgehead atoms. The quantitative estimate of drug-likeness (QED) is 0.755. The molecule has 3 unspecified atom stereocenters. The van der Waals surface area contributed by atoms with Gasteiger partial charge in [-0.15, -0.1) is 0 Å². The first kappa shape index (κ1) is 13.1. The molecule has 2 aliphatic rings. The molecule has 0 saturated heterocycles. The predicted molar refractivity (Wildman–Crippen MR) is 70.8 cm³/mol. The Morgan fingerprint density at radius 3 is 2.79 bits per heavy atom. The minimum Gasteiger partial charge on any atom is -0.326 e. The van der Waals surface area contributed by atoms with Gasteiger partial charge in [0.25, 0.3) is 10.0 Å². The standard InChI is InChI=1S/C12H20N4O2S/c1-7-10(6-13)12(15-14-7)19(17,18)16-11-5-8-2-3-9(11)4-8/h8-9,11,16H,2-6,13H2,1H3,(H,14,15). The summed E-state index contributed by atoms with van der Waals surface area (Å²) in [6, 6.07) is 0.0754. The number of H-pyrrole nitrogens is 1. The molecular weight excluding hydrogens is 264 g/mol. The van der Waals surface area contributed by atoms with E-state index in [-0.39, 0.29) is 17.6 Å². The summed E-state index contributed by atoms with van der Waals surface area (Å²) in [6.45, 7) is 1.96. The Hall–Kier alpha value is -0.920. The van der Waals surface area contributed by atoms with Crippen LogP contribution in [0.25, 0.3) is 0 Å². The average molecular weight is 284 g/mol. The molecule has 4 N–H and O–H groups in total. The summed E-state index contributed by atoms with van der Waals surface area (Å²) in [5.74, 6) is 1.20. The van der Waals surface area contributed by atoms with Crippen LogP contribution in [0.1, 0.15) is 36.9 Å². The van der Waals surface area contributed by atoms with Gasteiger partial charge >= 0.3 is 0 Å². The van der Waals surface area contributed by atoms with Gasteiger partial charge in [-0.2, -0.15) is 5.10 Å². The summed E-state index contributed by atoms with van der Waals surface area (Å²) >= 11 is 0. The molecule has 0 radical (unpaired) electrons. The van der Waals surface area contributed by atoms with Gasteiger partial charge in [0.15, 0.2) is 5.03 Å². The van der Waals surface area contributed by atoms with Gasteiger partial charge in [0.2, 0.25) is 0 Å². The van der Waals surface area contributed by atoms with Crippen LogP contribution in [-0.2, 0) is 16.6 Å². The van der Waals surface area contributed by atoms with E-state index in [1.54, 1.807) is 6.92 Å². The largest absolute Gasteiger partial charge is 0.326 e. The molecule has 7 heteroatoms. The van der Waals surface area contributed by atoms with Crippen molar-refractivity contribution in [1.82, 2.24) is 14.9 Å². The van der Waals surface area contributed by atoms with Crippen LogP contribution in [0, 0.1) is 18.8 Å². The van der Waals surface area contributed by atoms with E-state index in [2.05, 4.69) is 14.9 Å². The summed E-state index contributed by atoms with van der Waals surface area (Å²) < 4.78 is 27.6. The van der Waals surface area contributed by atoms with Crippen LogP contribution in [0.5, 0.6) is 0 Å². The number of hydrogen-bond donors (Lipinski definition) is 3. The van der Waals surface area contributed by atoms with E-state index in [0.717, 1.165) is 25.0 Å². The van der Waals surface area contributed by atoms with Crippen LogP contribution < -0.4 is 10.5 Å². The molecule has 0 aromatic carbocycles. The van der Waals surface area contributed by atoms with Gasteiger partial charge in [0, 0.05) is 23.8 Å². The summed E-state index contributed by atoms with van der Waals surface area (Å²) in [5, 5.41) is 6.68. The number of rotatable bonds is 4. The van der Waals surface area contributed by atoms with Crippen LogP contribution in [0.15, 0.2) is 5.03 Å². The number of hydrogen-bond acceptors (Lipinski definition) is 4. The summed E-state index contributed by atoms with van der Waals surface area (Å²) in [6.07, 6.45) is 4.52. The van der Waals surface area contributed by atoms with Crippen molar-refractivity contribution in [2.24, 2.45) is 17.6 Å². The highest BCUT2D eigenvalue weighted by molar-refractivity contribution is 7.89. The number of sulfonamides is 1. The van der Waals surface area contributed by atoms with E-state index in [1.165, 1.54) is 6.42 Å². The monoisotopic (exact) mass is 284 g/mol. The first-order valence-electron chi connectivity index (χ1n) is 6.77. The Morgan fingerprint density at radius 1 is 1.42 bits per heavy atom. The second-order valence-electron chi connectivity index (χ2n) is 5.74. The summed E-state index contributed by atoms with van der Waals surface area (Å²) in [5.41, 5.74) is 6.91. The molecule has 3 atom stereocenters. The molecular formula is C12H20N4O2S. The first-order chi connectivity index (χ1) is 9.01. The van der Waals surface area contributed by atoms with Crippen LogP contribution in [0.4, 0.5) is 0 Å². The molecule has 3 rings (SSSR count). The predicted octanol–water partition coefficient (Wildman–Crippen LogP) is 0.644. The highest BCUT2D eigenvalue weighted by Crippen LogP contribution is 2.44. The Bertz CT molecular complexity index is 581. The molecule has 1 aromatic rings. The zero-order valence-corrected chi connectivity index (χ0v) is 11.8. The SMILES string of the molecule is Cc1[nH]nc(S(=O)(=O)NC2CC3CCC2C3)c1CN. The fourth-order valence-electron chi connectivity index (χ4n) is 3.54. The third-order valence-corrected chi connectivity index (χ3v) is 6.00. The van der Waals surface area contributed by atoms with Gasteiger partial charge in [-0.25, -0.2) is 13.1 Å². The van der Waals surface area contributed by atoms with Crippen molar-refractivity contribution in [3.8, 4) is 0 Å². The van der Waals surface area contributed by atoms with E-state index in [0.29, 0.717) is 17.4 Å². The Morgan fingerprint density at radius 2 is 2.21 bits per heavy atom. The van der Waals surface area contributed by atoms with Gasteiger partial charge in [0.05, 0.1) is 0 Å². The lowest BCUT2D eigenvalue weighted by Gasteiger charge is -2.22. The first-order valence-corrected chi connectivity index (χ1v) is 8.26. The van der Waals surface area contributed by atoms with E-state index >= 15 is 0 Å². The average Bonchev–Trinajstić information content (AvgIpc) is 3.02. The van der Waals surface area contributed by atoms with Crippen LogP contribution in [0.2, 0.25) is 0 Å². The maximum Gasteiger partial charge on any atom is 0.260 e. The number of fused-ring (bicyclic) bond motifs is 2. The summed E-state index contributed by atoms with van der Waals surface area (Å²) in [7, 11) is -3.56. The molecule has 2 saturated carbocycles. The van der Waals surface area contributed by atoms with E-state index in [9.17, 15) is 8.42 Å². The van der Waals surface area contributed by atoms with Crippen molar-refractivity contribution in [3.05, 3.63) is 11.3 Å². The number of nitrogens with one attached hydrogen (secondary N) is 2. The minimum atomic E-state index is -3.56. The van der Waals surface area contributed by atoms with Crippen molar-refractivity contribution in [3.63, 3.8) is 0 Å². The lowest BCUT2D eigenvalue weighted by molar-refractivity contribution is 0.389. The Kier molecular flexibility index (Phi) is 3.15. The second-order valence-corrected chi connectivity index (χ2v) is 7.37. The highest BCUT2D eigenvalue weighted by atomic mass is 32.2. The number of nitrogens with zero attached hydrogens (tertiary/aromatic N) is 1. The third kappa shape index (κ3) is 2.19. The lowest BCUT2D eigenvalue weighted by Crippen LogP contribution is -2.39. The Balaban J connectivity index is 1.83. The van der Waals surface area contributed by atoms with E-state index in [4.69, 9.17) is 5.73 Å². The van der Waals surface area contributed by atoms with E-state index < -0.39 is 10.0 Å². The number of aromatic amines is 1. The van der Waals surface area contributed by atoms with Crippen LogP contribution >= 0.6 is 0 Å². The van der Waals surface area contributed by atoms with Crippen molar-refractivity contribution in [2.75, 3.05) is 0 Å².